The SMILES string of the molecule is CCN(Cc1ccccc1)C(=O)CNC(=NC)NCc1ccc(F)c(C)c1.I. The Kier molecular flexibility index (Phi) is 10.5. The molecule has 0 atom stereocenters. The van der Waals surface area contributed by atoms with Crippen LogP contribution in [0.1, 0.15) is 23.6 Å². The molecule has 0 aliphatic carbocycles. The van der Waals surface area contributed by atoms with E-state index in [1.165, 1.54) is 6.07 Å². The van der Waals surface area contributed by atoms with Crippen LogP contribution in [0.4, 0.5) is 4.39 Å². The fourth-order valence-corrected chi connectivity index (χ4v) is 2.67. The van der Waals surface area contributed by atoms with Crippen LogP contribution in [0.15, 0.2) is 53.5 Å². The zero-order valence-corrected chi connectivity index (χ0v) is 18.9. The normalized spacial score (nSPS) is 10.8. The number of benzene rings is 2. The van der Waals surface area contributed by atoms with Crippen molar-refractivity contribution in [1.29, 1.82) is 0 Å². The van der Waals surface area contributed by atoms with Crippen molar-refractivity contribution in [3.63, 3.8) is 0 Å². The van der Waals surface area contributed by atoms with E-state index in [2.05, 4.69) is 15.6 Å². The molecule has 0 fully saturated rings. The molecule has 2 aromatic carbocycles. The monoisotopic (exact) mass is 498 g/mol. The smallest absolute Gasteiger partial charge is 0.242 e. The second-order valence-corrected chi connectivity index (χ2v) is 6.26. The first-order valence-corrected chi connectivity index (χ1v) is 9.04. The minimum atomic E-state index is -0.218. The van der Waals surface area contributed by atoms with E-state index in [9.17, 15) is 9.18 Å². The van der Waals surface area contributed by atoms with E-state index in [4.69, 9.17) is 0 Å². The van der Waals surface area contributed by atoms with Gasteiger partial charge in [0.1, 0.15) is 5.82 Å². The molecule has 0 spiro atoms. The van der Waals surface area contributed by atoms with Gasteiger partial charge in [0.25, 0.3) is 0 Å². The molecule has 7 heteroatoms. The number of amides is 1. The number of guanidine groups is 1. The number of nitrogens with zero attached hydrogens (tertiary/aromatic N) is 2. The fraction of sp³-hybridized carbons (Fsp3) is 0.333. The molecule has 0 saturated carbocycles. The molecule has 2 aromatic rings. The molecule has 2 rings (SSSR count). The number of likely N-dealkylation sites (N-methyl/N-ethyl adjacent to an activating group) is 1. The number of aryl methyl sites for hydroxylation is 1. The van der Waals surface area contributed by atoms with Crippen molar-refractivity contribution >= 4 is 35.8 Å². The summed E-state index contributed by atoms with van der Waals surface area (Å²) in [5, 5.41) is 6.18. The van der Waals surface area contributed by atoms with Crippen molar-refractivity contribution in [1.82, 2.24) is 15.5 Å². The maximum absolute atomic E-state index is 13.3. The lowest BCUT2D eigenvalue weighted by atomic mass is 10.1. The highest BCUT2D eigenvalue weighted by Crippen LogP contribution is 2.09. The lowest BCUT2D eigenvalue weighted by molar-refractivity contribution is -0.130. The van der Waals surface area contributed by atoms with Gasteiger partial charge in [-0.25, -0.2) is 4.39 Å². The van der Waals surface area contributed by atoms with Crippen LogP contribution in [-0.2, 0) is 17.9 Å². The van der Waals surface area contributed by atoms with Gasteiger partial charge >= 0.3 is 0 Å². The van der Waals surface area contributed by atoms with Crippen LogP contribution in [0, 0.1) is 12.7 Å². The third-order valence-corrected chi connectivity index (χ3v) is 4.26. The van der Waals surface area contributed by atoms with Crippen molar-refractivity contribution in [3.8, 4) is 0 Å². The van der Waals surface area contributed by atoms with Crippen LogP contribution in [-0.4, -0.2) is 36.9 Å². The Balaban J connectivity index is 0.00000392. The maximum atomic E-state index is 13.3. The minimum Gasteiger partial charge on any atom is -0.352 e. The number of hydrogen-bond acceptors (Lipinski definition) is 2. The van der Waals surface area contributed by atoms with Gasteiger partial charge in [0.15, 0.2) is 5.96 Å². The third-order valence-electron chi connectivity index (χ3n) is 4.26. The van der Waals surface area contributed by atoms with E-state index in [1.54, 1.807) is 31.0 Å². The van der Waals surface area contributed by atoms with Gasteiger partial charge in [-0.05, 0) is 36.6 Å². The molecule has 0 unspecified atom stereocenters. The molecule has 0 radical (unpaired) electrons. The van der Waals surface area contributed by atoms with Gasteiger partial charge in [0.2, 0.25) is 5.91 Å². The van der Waals surface area contributed by atoms with Gasteiger partial charge in [-0.1, -0.05) is 42.5 Å². The summed E-state index contributed by atoms with van der Waals surface area (Å²) in [6.07, 6.45) is 0. The van der Waals surface area contributed by atoms with Crippen molar-refractivity contribution in [2.24, 2.45) is 4.99 Å². The van der Waals surface area contributed by atoms with E-state index in [-0.39, 0.29) is 42.2 Å². The topological polar surface area (TPSA) is 56.7 Å². The molecule has 0 bridgehead atoms. The molecule has 1 amide bonds. The zero-order chi connectivity index (χ0) is 19.6. The second kappa shape index (κ2) is 12.3. The number of rotatable bonds is 7. The Labute approximate surface area is 183 Å². The number of nitrogens with one attached hydrogen (secondary N) is 2. The fourth-order valence-electron chi connectivity index (χ4n) is 2.67. The van der Waals surface area contributed by atoms with Crippen LogP contribution in [0.25, 0.3) is 0 Å². The van der Waals surface area contributed by atoms with Crippen LogP contribution in [0.3, 0.4) is 0 Å². The number of hydrogen-bond donors (Lipinski definition) is 2. The van der Waals surface area contributed by atoms with Gasteiger partial charge in [0.05, 0.1) is 6.54 Å². The molecule has 0 aliphatic heterocycles. The standard InChI is InChI=1S/C21H27FN4O.HI/c1-4-26(15-17-8-6-5-7-9-17)20(27)14-25-21(23-3)24-13-18-10-11-19(22)16(2)12-18;/h5-12H,4,13-15H2,1-3H3,(H2,23,24,25);1H. The molecule has 0 heterocycles. The molecule has 0 aliphatic rings. The van der Waals surface area contributed by atoms with Gasteiger partial charge in [0, 0.05) is 26.7 Å². The molecule has 2 N–H and O–H groups in total. The predicted molar refractivity (Wildman–Crippen MR) is 122 cm³/mol. The Hall–Kier alpha value is -2.16. The summed E-state index contributed by atoms with van der Waals surface area (Å²) >= 11 is 0. The average molecular weight is 498 g/mol. The summed E-state index contributed by atoms with van der Waals surface area (Å²) < 4.78 is 13.3. The van der Waals surface area contributed by atoms with E-state index in [1.807, 2.05) is 37.3 Å². The van der Waals surface area contributed by atoms with Crippen LogP contribution in [0.2, 0.25) is 0 Å². The molecule has 152 valence electrons. The predicted octanol–water partition coefficient (Wildman–Crippen LogP) is 3.47. The van der Waals surface area contributed by atoms with E-state index in [0.717, 1.165) is 11.1 Å². The molecule has 5 nitrogen and oxygen atoms in total. The van der Waals surface area contributed by atoms with Gasteiger partial charge in [-0.3, -0.25) is 9.79 Å². The average Bonchev–Trinajstić information content (AvgIpc) is 2.69. The van der Waals surface area contributed by atoms with Crippen molar-refractivity contribution in [2.45, 2.75) is 26.9 Å². The third kappa shape index (κ3) is 7.46. The number of carbonyl (C=O) groups is 1. The quantitative estimate of drug-likeness (QED) is 0.350. The lowest BCUT2D eigenvalue weighted by Gasteiger charge is -2.22. The Morgan fingerprint density at radius 2 is 1.82 bits per heavy atom. The van der Waals surface area contributed by atoms with Crippen molar-refractivity contribution in [2.75, 3.05) is 20.1 Å². The lowest BCUT2D eigenvalue weighted by Crippen LogP contribution is -2.44. The molecular formula is C21H28FIN4O. The van der Waals surface area contributed by atoms with Gasteiger partial charge < -0.3 is 15.5 Å². The van der Waals surface area contributed by atoms with Crippen LogP contribution in [0.5, 0.6) is 0 Å². The van der Waals surface area contributed by atoms with E-state index < -0.39 is 0 Å². The van der Waals surface area contributed by atoms with E-state index in [0.29, 0.717) is 31.2 Å². The first kappa shape index (κ1) is 23.9. The van der Waals surface area contributed by atoms with E-state index >= 15 is 0 Å². The van der Waals surface area contributed by atoms with Gasteiger partial charge in [-0.15, -0.1) is 24.0 Å². The highest BCUT2D eigenvalue weighted by atomic mass is 127. The Morgan fingerprint density at radius 1 is 1.11 bits per heavy atom. The van der Waals surface area contributed by atoms with Crippen molar-refractivity contribution < 1.29 is 9.18 Å². The van der Waals surface area contributed by atoms with Crippen LogP contribution < -0.4 is 10.6 Å². The second-order valence-electron chi connectivity index (χ2n) is 6.26. The summed E-state index contributed by atoms with van der Waals surface area (Å²) in [5.74, 6) is 0.313. The summed E-state index contributed by atoms with van der Waals surface area (Å²) in [6.45, 7) is 5.57. The zero-order valence-electron chi connectivity index (χ0n) is 16.5. The molecule has 0 aromatic heterocycles. The first-order valence-electron chi connectivity index (χ1n) is 9.04. The minimum absolute atomic E-state index is 0. The largest absolute Gasteiger partial charge is 0.352 e. The summed E-state index contributed by atoms with van der Waals surface area (Å²) in [7, 11) is 1.65. The van der Waals surface area contributed by atoms with Crippen LogP contribution >= 0.6 is 24.0 Å². The summed E-state index contributed by atoms with van der Waals surface area (Å²) in [4.78, 5) is 18.4. The molecule has 28 heavy (non-hydrogen) atoms. The van der Waals surface area contributed by atoms with Crippen molar-refractivity contribution in [3.05, 3.63) is 71.0 Å². The first-order chi connectivity index (χ1) is 13.0. The Bertz CT molecular complexity index is 783. The highest BCUT2D eigenvalue weighted by molar-refractivity contribution is 14.0. The summed E-state index contributed by atoms with van der Waals surface area (Å²) in [6, 6.07) is 14.9. The molecule has 0 saturated heterocycles. The maximum Gasteiger partial charge on any atom is 0.242 e. The molecular weight excluding hydrogens is 470 g/mol. The Morgan fingerprint density at radius 3 is 2.43 bits per heavy atom. The van der Waals surface area contributed by atoms with Gasteiger partial charge in [-0.2, -0.15) is 0 Å². The number of halogens is 2. The highest BCUT2D eigenvalue weighted by Gasteiger charge is 2.12. The number of aliphatic imine (C=N–C) groups is 1. The number of carbonyl (C=O) groups excluding carboxylic acids is 1. The summed E-state index contributed by atoms with van der Waals surface area (Å²) in [5.41, 5.74) is 2.65.